The van der Waals surface area contributed by atoms with Crippen molar-refractivity contribution in [2.24, 2.45) is 5.92 Å². The summed E-state index contributed by atoms with van der Waals surface area (Å²) in [5, 5.41) is 4.64. The van der Waals surface area contributed by atoms with Crippen LogP contribution in [0.1, 0.15) is 72.9 Å². The molecule has 1 spiro atoms. The average Bonchev–Trinajstić information content (AvgIpc) is 3.34. The lowest BCUT2D eigenvalue weighted by Gasteiger charge is -2.45. The Morgan fingerprint density at radius 3 is 2.56 bits per heavy atom. The molecule has 0 bridgehead atoms. The Bertz CT molecular complexity index is 1930. The number of carbonyl (C=O) groups excluding carboxylic acids is 1. The van der Waals surface area contributed by atoms with Crippen molar-refractivity contribution >= 4 is 34.2 Å². The number of nitrogens with zero attached hydrogens (tertiary/aromatic N) is 7. The van der Waals surface area contributed by atoms with Crippen molar-refractivity contribution in [3.63, 3.8) is 0 Å². The fourth-order valence-corrected chi connectivity index (χ4v) is 9.69. The molecule has 5 atom stereocenters. The molecular formula is C36H38ClN7O. The number of hydrogen-bond acceptors (Lipinski definition) is 5. The molecule has 2 saturated carbocycles. The third-order valence-electron chi connectivity index (χ3n) is 11.9. The van der Waals surface area contributed by atoms with Crippen molar-refractivity contribution in [2.45, 2.75) is 74.9 Å². The highest BCUT2D eigenvalue weighted by molar-refractivity contribution is 6.29. The minimum absolute atomic E-state index is 0.0280. The molecular weight excluding hydrogens is 582 g/mol. The number of rotatable bonds is 6. The van der Waals surface area contributed by atoms with E-state index in [9.17, 15) is 4.79 Å². The molecule has 5 heterocycles. The zero-order valence-electron chi connectivity index (χ0n) is 25.6. The Balaban J connectivity index is 0.925. The van der Waals surface area contributed by atoms with Gasteiger partial charge in [0.25, 0.3) is 5.91 Å². The molecule has 45 heavy (non-hydrogen) atoms. The summed E-state index contributed by atoms with van der Waals surface area (Å²) in [7, 11) is 0. The van der Waals surface area contributed by atoms with Gasteiger partial charge in [-0.2, -0.15) is 5.10 Å². The van der Waals surface area contributed by atoms with Crippen LogP contribution < -0.4 is 0 Å². The largest absolute Gasteiger partial charge is 0.337 e. The fraction of sp³-hybridized carbons (Fsp3) is 0.444. The predicted molar refractivity (Wildman–Crippen MR) is 175 cm³/mol. The van der Waals surface area contributed by atoms with Gasteiger partial charge in [-0.15, -0.1) is 0 Å². The summed E-state index contributed by atoms with van der Waals surface area (Å²) in [5.74, 6) is 1.90. The molecule has 2 unspecified atom stereocenters. The molecule has 2 aliphatic heterocycles. The van der Waals surface area contributed by atoms with E-state index in [1.807, 2.05) is 4.90 Å². The van der Waals surface area contributed by atoms with Gasteiger partial charge in [0, 0.05) is 30.7 Å². The van der Waals surface area contributed by atoms with E-state index < -0.39 is 0 Å². The van der Waals surface area contributed by atoms with Crippen LogP contribution in [-0.4, -0.2) is 71.1 Å². The number of hydrogen-bond donors (Lipinski definition) is 0. The summed E-state index contributed by atoms with van der Waals surface area (Å²) in [5.41, 5.74) is 5.35. The van der Waals surface area contributed by atoms with Crippen molar-refractivity contribution in [1.29, 1.82) is 0 Å². The number of piperidine rings is 1. The lowest BCUT2D eigenvalue weighted by atomic mass is 9.63. The number of imidazole rings is 2. The molecule has 5 aromatic rings. The number of aryl methyl sites for hydroxylation is 1. The van der Waals surface area contributed by atoms with E-state index in [-0.39, 0.29) is 11.3 Å². The first-order chi connectivity index (χ1) is 21.9. The first-order valence-corrected chi connectivity index (χ1v) is 16.9. The molecule has 8 nitrogen and oxygen atoms in total. The lowest BCUT2D eigenvalue weighted by molar-refractivity contribution is 0.0642. The summed E-state index contributed by atoms with van der Waals surface area (Å²) in [6.07, 6.45) is 9.91. The summed E-state index contributed by atoms with van der Waals surface area (Å²) in [6.45, 7) is 4.75. The van der Waals surface area contributed by atoms with Gasteiger partial charge < -0.3 is 9.47 Å². The summed E-state index contributed by atoms with van der Waals surface area (Å²) in [4.78, 5) is 27.8. The van der Waals surface area contributed by atoms with Gasteiger partial charge >= 0.3 is 0 Å². The number of para-hydroxylation sites is 2. The Morgan fingerprint density at radius 2 is 1.76 bits per heavy atom. The Labute approximate surface area is 268 Å². The van der Waals surface area contributed by atoms with Crippen LogP contribution in [-0.2, 0) is 5.41 Å². The molecule has 9 rings (SSSR count). The van der Waals surface area contributed by atoms with E-state index in [2.05, 4.69) is 81.1 Å². The highest BCUT2D eigenvalue weighted by Crippen LogP contribution is 2.66. The molecule has 4 fully saturated rings. The number of benzene rings is 2. The number of fused-ring (bicyclic) bond motifs is 2. The minimum Gasteiger partial charge on any atom is -0.337 e. The maximum Gasteiger partial charge on any atom is 0.274 e. The zero-order valence-corrected chi connectivity index (χ0v) is 26.4. The predicted octanol–water partition coefficient (Wildman–Crippen LogP) is 6.47. The van der Waals surface area contributed by atoms with Crippen LogP contribution in [0.2, 0.25) is 5.15 Å². The summed E-state index contributed by atoms with van der Waals surface area (Å²) >= 11 is 6.06. The van der Waals surface area contributed by atoms with Crippen LogP contribution in [0.3, 0.4) is 0 Å². The third kappa shape index (κ3) is 4.21. The van der Waals surface area contributed by atoms with Crippen LogP contribution in [0.5, 0.6) is 0 Å². The van der Waals surface area contributed by atoms with Crippen LogP contribution in [0.25, 0.3) is 16.7 Å². The van der Waals surface area contributed by atoms with Crippen molar-refractivity contribution in [2.75, 3.05) is 19.6 Å². The maximum atomic E-state index is 13.5. The third-order valence-corrected chi connectivity index (χ3v) is 12.1. The second kappa shape index (κ2) is 10.1. The molecule has 2 aliphatic carbocycles. The Morgan fingerprint density at radius 1 is 0.956 bits per heavy atom. The average molecular weight is 620 g/mol. The highest BCUT2D eigenvalue weighted by Gasteiger charge is 2.72. The number of amides is 1. The van der Waals surface area contributed by atoms with Crippen LogP contribution >= 0.6 is 11.6 Å². The van der Waals surface area contributed by atoms with E-state index in [1.165, 1.54) is 36.8 Å². The first-order valence-electron chi connectivity index (χ1n) is 16.5. The van der Waals surface area contributed by atoms with Gasteiger partial charge in [0.05, 0.1) is 17.2 Å². The van der Waals surface area contributed by atoms with E-state index in [1.54, 1.807) is 22.8 Å². The molecule has 2 aromatic carbocycles. The smallest absolute Gasteiger partial charge is 0.274 e. The topological polar surface area (TPSA) is 71.3 Å². The standard InChI is InChI=1S/C36H38ClN7O/c1-24-38-28-9-5-6-10-30(28)44(24)27-21-26-13-14-36(26)31(22-27)42(36)20-17-35(25-7-3-2-4-8-25)15-18-41(19-16-35)34(45)29-23-43-33(39-29)12-11-32(37)40-43/h2-12,23,26-27,31H,13-22H2,1H3/t26-,27+,31-,36?,42?/m0/s1. The minimum atomic E-state index is -0.0280. The van der Waals surface area contributed by atoms with E-state index in [0.29, 0.717) is 34.1 Å². The van der Waals surface area contributed by atoms with Crippen LogP contribution in [0, 0.1) is 12.8 Å². The fourth-order valence-electron chi connectivity index (χ4n) is 9.54. The van der Waals surface area contributed by atoms with E-state index >= 15 is 0 Å². The normalized spacial score (nSPS) is 28.4. The number of carbonyl (C=O) groups is 1. The van der Waals surface area contributed by atoms with E-state index in [4.69, 9.17) is 16.6 Å². The van der Waals surface area contributed by atoms with Gasteiger partial charge in [0.1, 0.15) is 16.7 Å². The molecule has 2 saturated heterocycles. The number of aromatic nitrogens is 5. The highest BCUT2D eigenvalue weighted by atomic mass is 35.5. The Hall–Kier alpha value is -3.75. The second-order valence-corrected chi connectivity index (χ2v) is 14.2. The van der Waals surface area contributed by atoms with Gasteiger partial charge in [0.2, 0.25) is 0 Å². The summed E-state index contributed by atoms with van der Waals surface area (Å²) < 4.78 is 4.13. The van der Waals surface area contributed by atoms with Crippen LogP contribution in [0.4, 0.5) is 0 Å². The molecule has 0 radical (unpaired) electrons. The molecule has 0 N–H and O–H groups in total. The molecule has 9 heteroatoms. The van der Waals surface area contributed by atoms with Crippen molar-refractivity contribution in [3.8, 4) is 0 Å². The Kier molecular flexibility index (Phi) is 6.20. The number of halogens is 1. The molecule has 3 aromatic heterocycles. The maximum absolute atomic E-state index is 13.5. The van der Waals surface area contributed by atoms with E-state index in [0.717, 1.165) is 56.2 Å². The van der Waals surface area contributed by atoms with Gasteiger partial charge in [-0.3, -0.25) is 9.69 Å². The van der Waals surface area contributed by atoms with Crippen molar-refractivity contribution in [1.82, 2.24) is 33.9 Å². The van der Waals surface area contributed by atoms with Gasteiger partial charge in [0.15, 0.2) is 5.65 Å². The van der Waals surface area contributed by atoms with Crippen molar-refractivity contribution in [3.05, 3.63) is 95.2 Å². The lowest BCUT2D eigenvalue weighted by Crippen LogP contribution is -2.47. The van der Waals surface area contributed by atoms with Crippen LogP contribution in [0.15, 0.2) is 72.9 Å². The van der Waals surface area contributed by atoms with Gasteiger partial charge in [-0.1, -0.05) is 54.1 Å². The SMILES string of the molecule is Cc1nc2ccccc2n1[C@@H]1C[C@@H]2CCC23[C@H](C1)N3CCC1(c2ccccc2)CCN(C(=O)c2cn3nc(Cl)ccc3n2)CC1. The summed E-state index contributed by atoms with van der Waals surface area (Å²) in [6, 6.07) is 24.4. The molecule has 4 aliphatic rings. The molecule has 230 valence electrons. The van der Waals surface area contributed by atoms with Gasteiger partial charge in [-0.25, -0.2) is 14.5 Å². The first kappa shape index (κ1) is 27.6. The van der Waals surface area contributed by atoms with Crippen molar-refractivity contribution < 1.29 is 4.79 Å². The number of likely N-dealkylation sites (tertiary alicyclic amines) is 2. The second-order valence-electron chi connectivity index (χ2n) is 13.9. The zero-order chi connectivity index (χ0) is 30.3. The monoisotopic (exact) mass is 619 g/mol. The quantitative estimate of drug-likeness (QED) is 0.204. The molecule has 1 amide bonds. The van der Waals surface area contributed by atoms with Gasteiger partial charge in [-0.05, 0) is 99.6 Å².